The van der Waals surface area contributed by atoms with E-state index in [1.807, 2.05) is 9.80 Å². The lowest BCUT2D eigenvalue weighted by molar-refractivity contribution is -0.143. The summed E-state index contributed by atoms with van der Waals surface area (Å²) in [7, 11) is 0. The van der Waals surface area contributed by atoms with E-state index in [1.165, 1.54) is 0 Å². The summed E-state index contributed by atoms with van der Waals surface area (Å²) < 4.78 is 0. The Bertz CT molecular complexity index is 428. The Morgan fingerprint density at radius 3 is 2.82 bits per heavy atom. The predicted molar refractivity (Wildman–Crippen MR) is 84.4 cm³/mol. The normalized spacial score (nSPS) is 33.9. The van der Waals surface area contributed by atoms with Crippen molar-refractivity contribution < 1.29 is 9.59 Å². The van der Waals surface area contributed by atoms with E-state index in [9.17, 15) is 9.59 Å². The van der Waals surface area contributed by atoms with Crippen molar-refractivity contribution in [2.75, 3.05) is 39.3 Å². The van der Waals surface area contributed by atoms with Crippen molar-refractivity contribution in [1.29, 1.82) is 0 Å². The first-order valence-corrected chi connectivity index (χ1v) is 8.69. The van der Waals surface area contributed by atoms with Gasteiger partial charge in [-0.1, -0.05) is 0 Å². The molecule has 3 atom stereocenters. The average molecular weight is 308 g/mol. The second kappa shape index (κ2) is 6.96. The number of rotatable bonds is 2. The highest BCUT2D eigenvalue weighted by Crippen LogP contribution is 2.23. The minimum absolute atomic E-state index is 0.103. The maximum absolute atomic E-state index is 12.8. The highest BCUT2D eigenvalue weighted by atomic mass is 16.2. The van der Waals surface area contributed by atoms with Crippen molar-refractivity contribution in [2.45, 2.75) is 44.7 Å². The molecule has 0 aliphatic carbocycles. The molecule has 0 aromatic heterocycles. The zero-order valence-electron chi connectivity index (χ0n) is 13.5. The van der Waals surface area contributed by atoms with Crippen LogP contribution >= 0.6 is 0 Å². The molecule has 6 heteroatoms. The maximum atomic E-state index is 12.8. The molecule has 0 saturated carbocycles. The van der Waals surface area contributed by atoms with Crippen molar-refractivity contribution in [3.63, 3.8) is 0 Å². The number of carbonyl (C=O) groups is 2. The van der Waals surface area contributed by atoms with Crippen molar-refractivity contribution in [3.05, 3.63) is 0 Å². The highest BCUT2D eigenvalue weighted by molar-refractivity contribution is 5.81. The van der Waals surface area contributed by atoms with Crippen LogP contribution in [0.3, 0.4) is 0 Å². The van der Waals surface area contributed by atoms with Crippen LogP contribution in [0.15, 0.2) is 0 Å². The minimum Gasteiger partial charge on any atom is -0.340 e. The van der Waals surface area contributed by atoms with E-state index in [0.717, 1.165) is 51.9 Å². The monoisotopic (exact) mass is 308 g/mol. The molecule has 0 aromatic rings. The lowest BCUT2D eigenvalue weighted by Crippen LogP contribution is -2.59. The van der Waals surface area contributed by atoms with E-state index < -0.39 is 0 Å². The Balaban J connectivity index is 1.62. The van der Waals surface area contributed by atoms with Crippen LogP contribution in [0, 0.1) is 5.92 Å². The lowest BCUT2D eigenvalue weighted by atomic mass is 9.89. The van der Waals surface area contributed by atoms with Gasteiger partial charge in [0, 0.05) is 38.3 Å². The third-order valence-electron chi connectivity index (χ3n) is 5.35. The van der Waals surface area contributed by atoms with Gasteiger partial charge in [-0.25, -0.2) is 0 Å². The third-order valence-corrected chi connectivity index (χ3v) is 5.35. The summed E-state index contributed by atoms with van der Waals surface area (Å²) in [6.45, 7) is 6.76. The molecule has 22 heavy (non-hydrogen) atoms. The molecule has 0 unspecified atom stereocenters. The molecule has 2 amide bonds. The summed E-state index contributed by atoms with van der Waals surface area (Å²) in [4.78, 5) is 28.9. The van der Waals surface area contributed by atoms with Crippen LogP contribution in [0.1, 0.15) is 32.6 Å². The van der Waals surface area contributed by atoms with Gasteiger partial charge in [0.25, 0.3) is 0 Å². The lowest BCUT2D eigenvalue weighted by Gasteiger charge is -2.43. The first kappa shape index (κ1) is 15.7. The fraction of sp³-hybridized carbons (Fsp3) is 0.875. The van der Waals surface area contributed by atoms with E-state index in [1.54, 1.807) is 0 Å². The van der Waals surface area contributed by atoms with Crippen molar-refractivity contribution in [3.8, 4) is 0 Å². The highest BCUT2D eigenvalue weighted by Gasteiger charge is 2.36. The molecule has 3 heterocycles. The summed E-state index contributed by atoms with van der Waals surface area (Å²) in [6.07, 6.45) is 4.09. The van der Waals surface area contributed by atoms with Gasteiger partial charge in [-0.05, 0) is 39.2 Å². The molecule has 3 fully saturated rings. The standard InChI is InChI=1S/C16H28N4O2/c1-12-14(5-2-6-18-12)16(22)19-8-3-4-13(11-19)20-9-7-17-10-15(20)21/h12-14,17-18H,2-11H2,1H3/t12-,13+,14-/m0/s1. The largest absolute Gasteiger partial charge is 0.340 e. The number of nitrogens with one attached hydrogen (secondary N) is 2. The van der Waals surface area contributed by atoms with Gasteiger partial charge in [-0.15, -0.1) is 0 Å². The van der Waals surface area contributed by atoms with E-state index >= 15 is 0 Å². The van der Waals surface area contributed by atoms with Crippen LogP contribution in [0.2, 0.25) is 0 Å². The zero-order valence-corrected chi connectivity index (χ0v) is 13.5. The van der Waals surface area contributed by atoms with Gasteiger partial charge in [0.1, 0.15) is 0 Å². The molecule has 3 saturated heterocycles. The van der Waals surface area contributed by atoms with Crippen LogP contribution in [-0.2, 0) is 9.59 Å². The molecule has 3 aliphatic heterocycles. The topological polar surface area (TPSA) is 64.7 Å². The first-order chi connectivity index (χ1) is 10.7. The molecule has 0 aromatic carbocycles. The second-order valence-corrected chi connectivity index (χ2v) is 6.84. The summed E-state index contributed by atoms with van der Waals surface area (Å²) in [5.41, 5.74) is 0. The van der Waals surface area contributed by atoms with Crippen molar-refractivity contribution >= 4 is 11.8 Å². The number of hydrogen-bond donors (Lipinski definition) is 2. The summed E-state index contributed by atoms with van der Waals surface area (Å²) in [6, 6.07) is 0.474. The second-order valence-electron chi connectivity index (χ2n) is 6.84. The van der Waals surface area contributed by atoms with Crippen LogP contribution in [0.25, 0.3) is 0 Å². The molecule has 2 N–H and O–H groups in total. The summed E-state index contributed by atoms with van der Waals surface area (Å²) in [5.74, 6) is 0.566. The zero-order chi connectivity index (χ0) is 15.5. The maximum Gasteiger partial charge on any atom is 0.236 e. The number of piperazine rings is 1. The Morgan fingerprint density at radius 2 is 2.05 bits per heavy atom. The van der Waals surface area contributed by atoms with E-state index in [0.29, 0.717) is 13.1 Å². The molecule has 6 nitrogen and oxygen atoms in total. The van der Waals surface area contributed by atoms with Gasteiger partial charge in [-0.2, -0.15) is 0 Å². The number of nitrogens with zero attached hydrogens (tertiary/aromatic N) is 2. The fourth-order valence-electron chi connectivity index (χ4n) is 4.03. The van der Waals surface area contributed by atoms with Gasteiger partial charge in [0.2, 0.25) is 11.8 Å². The molecular formula is C16H28N4O2. The van der Waals surface area contributed by atoms with Crippen LogP contribution < -0.4 is 10.6 Å². The summed E-state index contributed by atoms with van der Waals surface area (Å²) in [5, 5.41) is 6.53. The molecule has 124 valence electrons. The first-order valence-electron chi connectivity index (χ1n) is 8.69. The van der Waals surface area contributed by atoms with E-state index in [2.05, 4.69) is 17.6 Å². The number of piperidine rings is 2. The van der Waals surface area contributed by atoms with Gasteiger partial charge in [-0.3, -0.25) is 9.59 Å². The third kappa shape index (κ3) is 3.27. The molecular weight excluding hydrogens is 280 g/mol. The Labute approximate surface area is 132 Å². The van der Waals surface area contributed by atoms with Gasteiger partial charge >= 0.3 is 0 Å². The quantitative estimate of drug-likeness (QED) is 0.741. The van der Waals surface area contributed by atoms with Gasteiger partial charge in [0.05, 0.1) is 12.5 Å². The number of likely N-dealkylation sites (tertiary alicyclic amines) is 1. The van der Waals surface area contributed by atoms with E-state index in [4.69, 9.17) is 0 Å². The van der Waals surface area contributed by atoms with Gasteiger partial charge < -0.3 is 20.4 Å². The smallest absolute Gasteiger partial charge is 0.236 e. The Kier molecular flexibility index (Phi) is 4.98. The number of carbonyl (C=O) groups excluding carboxylic acids is 2. The Hall–Kier alpha value is -1.14. The van der Waals surface area contributed by atoms with Gasteiger partial charge in [0.15, 0.2) is 0 Å². The molecule has 0 spiro atoms. The SMILES string of the molecule is C[C@@H]1NCCC[C@@H]1C(=O)N1CCC[C@@H](N2CCNCC2=O)C1. The minimum atomic E-state index is 0.103. The van der Waals surface area contributed by atoms with Crippen molar-refractivity contribution in [2.24, 2.45) is 5.92 Å². The van der Waals surface area contributed by atoms with Crippen LogP contribution in [0.5, 0.6) is 0 Å². The molecule has 3 rings (SSSR count). The summed E-state index contributed by atoms with van der Waals surface area (Å²) >= 11 is 0. The van der Waals surface area contributed by atoms with Crippen molar-refractivity contribution in [1.82, 2.24) is 20.4 Å². The average Bonchev–Trinajstić information content (AvgIpc) is 2.55. The molecule has 0 bridgehead atoms. The van der Waals surface area contributed by atoms with Crippen LogP contribution in [-0.4, -0.2) is 73.0 Å². The Morgan fingerprint density at radius 1 is 1.18 bits per heavy atom. The fourth-order valence-corrected chi connectivity index (χ4v) is 4.03. The predicted octanol–water partition coefficient (Wildman–Crippen LogP) is -0.203. The van der Waals surface area contributed by atoms with E-state index in [-0.39, 0.29) is 29.8 Å². The number of amides is 2. The molecule has 3 aliphatic rings. The number of hydrogen-bond acceptors (Lipinski definition) is 4. The van der Waals surface area contributed by atoms with Crippen LogP contribution in [0.4, 0.5) is 0 Å². The molecule has 0 radical (unpaired) electrons.